The fourth-order valence-electron chi connectivity index (χ4n) is 1.04. The van der Waals surface area contributed by atoms with E-state index in [1.54, 1.807) is 0 Å². The molecule has 0 fully saturated rings. The molecule has 13 heavy (non-hydrogen) atoms. The molecule has 0 aromatic rings. The highest BCUT2D eigenvalue weighted by molar-refractivity contribution is 5.25. The molecule has 0 spiro atoms. The van der Waals surface area contributed by atoms with Crippen LogP contribution in [-0.4, -0.2) is 0 Å². The van der Waals surface area contributed by atoms with Crippen molar-refractivity contribution < 1.29 is 0 Å². The summed E-state index contributed by atoms with van der Waals surface area (Å²) in [5, 5.41) is 0. The van der Waals surface area contributed by atoms with Crippen LogP contribution < -0.4 is 5.73 Å². The molecule has 0 atom stereocenters. The zero-order chi connectivity index (χ0) is 10.5. The summed E-state index contributed by atoms with van der Waals surface area (Å²) in [7, 11) is 0. The molecule has 1 heteroatoms. The first kappa shape index (κ1) is 12.0. The van der Waals surface area contributed by atoms with Crippen LogP contribution >= 0.6 is 0 Å². The Morgan fingerprint density at radius 3 is 2.23 bits per heavy atom. The summed E-state index contributed by atoms with van der Waals surface area (Å²) in [6, 6.07) is 0. The molecular formula is C12H21N. The number of allylic oxidation sites excluding steroid dienone is 4. The molecule has 0 aromatic carbocycles. The minimum atomic E-state index is 0.183. The van der Waals surface area contributed by atoms with Crippen LogP contribution in [0.25, 0.3) is 0 Å². The van der Waals surface area contributed by atoms with E-state index < -0.39 is 0 Å². The second kappa shape index (κ2) is 4.90. The Balaban J connectivity index is 4.61. The highest BCUT2D eigenvalue weighted by Crippen LogP contribution is 2.26. The number of hydrogen-bond donors (Lipinski definition) is 1. The molecule has 0 aliphatic carbocycles. The van der Waals surface area contributed by atoms with E-state index in [9.17, 15) is 0 Å². The summed E-state index contributed by atoms with van der Waals surface area (Å²) in [6.07, 6.45) is 7.08. The lowest BCUT2D eigenvalue weighted by molar-refractivity contribution is 0.515. The van der Waals surface area contributed by atoms with E-state index in [1.165, 1.54) is 5.57 Å². The molecule has 0 rings (SSSR count). The van der Waals surface area contributed by atoms with Gasteiger partial charge in [0.15, 0.2) is 0 Å². The maximum atomic E-state index is 5.52. The summed E-state index contributed by atoms with van der Waals surface area (Å²) in [6.45, 7) is 12.3. The molecular weight excluding hydrogens is 158 g/mol. The van der Waals surface area contributed by atoms with Gasteiger partial charge in [0.2, 0.25) is 0 Å². The van der Waals surface area contributed by atoms with Crippen LogP contribution in [0.2, 0.25) is 0 Å². The van der Waals surface area contributed by atoms with Gasteiger partial charge in [-0.05, 0) is 17.9 Å². The fraction of sp³-hybridized carbons (Fsp3) is 0.500. The predicted octanol–water partition coefficient (Wildman–Crippen LogP) is 3.40. The Bertz CT molecular complexity index is 226. The monoisotopic (exact) mass is 179 g/mol. The SMILES string of the molecule is C=C(N)C/C=C(\C=C\C)C(C)(C)C. The average Bonchev–Trinajstić information content (AvgIpc) is 1.95. The third kappa shape index (κ3) is 5.29. The lowest BCUT2D eigenvalue weighted by Crippen LogP contribution is -2.08. The van der Waals surface area contributed by atoms with Crippen molar-refractivity contribution >= 4 is 0 Å². The van der Waals surface area contributed by atoms with Crippen molar-refractivity contribution in [3.05, 3.63) is 36.1 Å². The van der Waals surface area contributed by atoms with Gasteiger partial charge in [-0.25, -0.2) is 0 Å². The maximum Gasteiger partial charge on any atom is 0.00492 e. The van der Waals surface area contributed by atoms with Gasteiger partial charge in [0.25, 0.3) is 0 Å². The van der Waals surface area contributed by atoms with E-state index in [0.717, 1.165) is 6.42 Å². The Hall–Kier alpha value is -0.980. The predicted molar refractivity (Wildman–Crippen MR) is 60.3 cm³/mol. The molecule has 0 radical (unpaired) electrons. The zero-order valence-corrected chi connectivity index (χ0v) is 9.22. The van der Waals surface area contributed by atoms with Crippen molar-refractivity contribution in [3.63, 3.8) is 0 Å². The van der Waals surface area contributed by atoms with Gasteiger partial charge in [0.05, 0.1) is 0 Å². The summed E-state index contributed by atoms with van der Waals surface area (Å²) in [5.41, 5.74) is 7.72. The normalized spacial score (nSPS) is 13.7. The van der Waals surface area contributed by atoms with E-state index >= 15 is 0 Å². The average molecular weight is 179 g/mol. The summed E-state index contributed by atoms with van der Waals surface area (Å²) in [4.78, 5) is 0. The van der Waals surface area contributed by atoms with Crippen molar-refractivity contribution in [2.45, 2.75) is 34.1 Å². The van der Waals surface area contributed by atoms with Gasteiger partial charge in [-0.15, -0.1) is 0 Å². The van der Waals surface area contributed by atoms with Gasteiger partial charge < -0.3 is 5.73 Å². The van der Waals surface area contributed by atoms with Gasteiger partial charge >= 0.3 is 0 Å². The summed E-state index contributed by atoms with van der Waals surface area (Å²) in [5.74, 6) is 0. The molecule has 1 nitrogen and oxygen atoms in total. The molecule has 0 unspecified atom stereocenters. The first-order chi connectivity index (χ1) is 5.88. The van der Waals surface area contributed by atoms with Gasteiger partial charge in [0, 0.05) is 12.1 Å². The first-order valence-electron chi connectivity index (χ1n) is 4.64. The van der Waals surface area contributed by atoms with Crippen LogP contribution in [0.15, 0.2) is 36.1 Å². The highest BCUT2D eigenvalue weighted by atomic mass is 14.5. The lowest BCUT2D eigenvalue weighted by Gasteiger charge is -2.20. The zero-order valence-electron chi connectivity index (χ0n) is 9.22. The second-order valence-electron chi connectivity index (χ2n) is 4.27. The third-order valence-corrected chi connectivity index (χ3v) is 1.80. The minimum Gasteiger partial charge on any atom is -0.402 e. The van der Waals surface area contributed by atoms with Crippen molar-refractivity contribution in [3.8, 4) is 0 Å². The van der Waals surface area contributed by atoms with E-state index in [4.69, 9.17) is 5.73 Å². The summed E-state index contributed by atoms with van der Waals surface area (Å²) >= 11 is 0. The molecule has 74 valence electrons. The lowest BCUT2D eigenvalue weighted by atomic mass is 9.85. The molecule has 0 aliphatic heterocycles. The van der Waals surface area contributed by atoms with Crippen molar-refractivity contribution in [1.29, 1.82) is 0 Å². The molecule has 0 saturated carbocycles. The quantitative estimate of drug-likeness (QED) is 0.660. The first-order valence-corrected chi connectivity index (χ1v) is 4.64. The smallest absolute Gasteiger partial charge is 0.00492 e. The molecule has 2 N–H and O–H groups in total. The van der Waals surface area contributed by atoms with Gasteiger partial charge in [-0.3, -0.25) is 0 Å². The van der Waals surface area contributed by atoms with Crippen LogP contribution in [0.3, 0.4) is 0 Å². The fourth-order valence-corrected chi connectivity index (χ4v) is 1.04. The summed E-state index contributed by atoms with van der Waals surface area (Å²) < 4.78 is 0. The Kier molecular flexibility index (Phi) is 4.53. The van der Waals surface area contributed by atoms with Crippen LogP contribution in [0.1, 0.15) is 34.1 Å². The molecule has 0 saturated heterocycles. The Labute approximate surface area is 82.0 Å². The van der Waals surface area contributed by atoms with Crippen LogP contribution in [0.5, 0.6) is 0 Å². The molecule has 0 aromatic heterocycles. The Morgan fingerprint density at radius 2 is 1.92 bits per heavy atom. The number of hydrogen-bond acceptors (Lipinski definition) is 1. The number of rotatable bonds is 3. The van der Waals surface area contributed by atoms with Gasteiger partial charge in [0.1, 0.15) is 0 Å². The Morgan fingerprint density at radius 1 is 1.38 bits per heavy atom. The second-order valence-corrected chi connectivity index (χ2v) is 4.27. The van der Waals surface area contributed by atoms with E-state index in [-0.39, 0.29) is 5.41 Å². The standard InChI is InChI=1S/C12H21N/c1-6-7-11(12(3,4)5)9-8-10(2)13/h6-7,9H,2,8,13H2,1,3-5H3/b7-6+,11-9+. The van der Waals surface area contributed by atoms with E-state index in [2.05, 4.69) is 45.6 Å². The van der Waals surface area contributed by atoms with Gasteiger partial charge in [-0.2, -0.15) is 0 Å². The van der Waals surface area contributed by atoms with Crippen LogP contribution in [0, 0.1) is 5.41 Å². The topological polar surface area (TPSA) is 26.0 Å². The number of nitrogens with two attached hydrogens (primary N) is 1. The van der Waals surface area contributed by atoms with Crippen LogP contribution in [-0.2, 0) is 0 Å². The largest absolute Gasteiger partial charge is 0.402 e. The molecule has 0 heterocycles. The van der Waals surface area contributed by atoms with Gasteiger partial charge in [-0.1, -0.05) is 45.6 Å². The molecule has 0 amide bonds. The highest BCUT2D eigenvalue weighted by Gasteiger charge is 2.13. The van der Waals surface area contributed by atoms with Crippen molar-refractivity contribution in [2.24, 2.45) is 11.1 Å². The van der Waals surface area contributed by atoms with Crippen LogP contribution in [0.4, 0.5) is 0 Å². The van der Waals surface area contributed by atoms with Crippen molar-refractivity contribution in [2.75, 3.05) is 0 Å². The van der Waals surface area contributed by atoms with Crippen molar-refractivity contribution in [1.82, 2.24) is 0 Å². The molecule has 0 bridgehead atoms. The maximum absolute atomic E-state index is 5.52. The minimum absolute atomic E-state index is 0.183. The van der Waals surface area contributed by atoms with E-state index in [0.29, 0.717) is 5.70 Å². The third-order valence-electron chi connectivity index (χ3n) is 1.80. The van der Waals surface area contributed by atoms with E-state index in [1.807, 2.05) is 6.92 Å². The molecule has 0 aliphatic rings.